The lowest BCUT2D eigenvalue weighted by Crippen LogP contribution is -2.31. The molecular formula is C17H19NO2. The fraction of sp³-hybridized carbons (Fsp3) is 0.353. The number of benzene rings is 1. The van der Waals surface area contributed by atoms with Crippen LogP contribution in [0.2, 0.25) is 0 Å². The van der Waals surface area contributed by atoms with Crippen LogP contribution >= 0.6 is 0 Å². The maximum Gasteiger partial charge on any atom is 0.118 e. The van der Waals surface area contributed by atoms with Crippen molar-refractivity contribution in [2.75, 3.05) is 7.11 Å². The zero-order valence-electron chi connectivity index (χ0n) is 11.6. The molecule has 0 spiro atoms. The molecule has 1 heterocycles. The topological polar surface area (TPSA) is 42.4 Å². The van der Waals surface area contributed by atoms with Gasteiger partial charge in [-0.3, -0.25) is 4.98 Å². The molecule has 1 fully saturated rings. The van der Waals surface area contributed by atoms with Gasteiger partial charge in [0.25, 0.3) is 0 Å². The maximum atomic E-state index is 11.2. The van der Waals surface area contributed by atoms with E-state index >= 15 is 0 Å². The van der Waals surface area contributed by atoms with Crippen LogP contribution in [0.1, 0.15) is 24.1 Å². The first-order valence-corrected chi connectivity index (χ1v) is 6.99. The Morgan fingerprint density at radius 3 is 2.50 bits per heavy atom. The first kappa shape index (κ1) is 13.1. The number of aliphatic hydroxyl groups is 1. The lowest BCUT2D eigenvalue weighted by molar-refractivity contribution is 0.0122. The van der Waals surface area contributed by atoms with Crippen molar-refractivity contribution in [3.8, 4) is 5.75 Å². The molecule has 2 aromatic rings. The van der Waals surface area contributed by atoms with Crippen LogP contribution in [-0.4, -0.2) is 17.2 Å². The van der Waals surface area contributed by atoms with Crippen molar-refractivity contribution < 1.29 is 9.84 Å². The second kappa shape index (κ2) is 5.25. The van der Waals surface area contributed by atoms with Gasteiger partial charge in [0.2, 0.25) is 0 Å². The molecule has 0 bridgehead atoms. The Labute approximate surface area is 119 Å². The molecule has 1 aromatic heterocycles. The molecule has 1 N–H and O–H groups in total. The number of rotatable bonds is 5. The highest BCUT2D eigenvalue weighted by Gasteiger charge is 2.45. The second-order valence-corrected chi connectivity index (χ2v) is 5.42. The zero-order chi connectivity index (χ0) is 14.0. The Kier molecular flexibility index (Phi) is 3.45. The Hall–Kier alpha value is -1.87. The van der Waals surface area contributed by atoms with Crippen molar-refractivity contribution in [3.05, 3.63) is 59.9 Å². The summed E-state index contributed by atoms with van der Waals surface area (Å²) >= 11 is 0. The van der Waals surface area contributed by atoms with Crippen LogP contribution in [0.3, 0.4) is 0 Å². The van der Waals surface area contributed by atoms with Gasteiger partial charge in [-0.15, -0.1) is 0 Å². The first-order chi connectivity index (χ1) is 9.72. The molecule has 0 radical (unpaired) electrons. The van der Waals surface area contributed by atoms with E-state index in [0.717, 1.165) is 29.8 Å². The summed E-state index contributed by atoms with van der Waals surface area (Å²) in [6.45, 7) is 0. The predicted molar refractivity (Wildman–Crippen MR) is 77.6 cm³/mol. The second-order valence-electron chi connectivity index (χ2n) is 5.42. The standard InChI is InChI=1S/C17H19NO2/c1-20-16-9-7-14(8-10-16)17(19,13-5-6-13)12-15-4-2-3-11-18-15/h2-4,7-11,13,19H,5-6,12H2,1H3/t17-/m0/s1. The van der Waals surface area contributed by atoms with E-state index in [9.17, 15) is 5.11 Å². The molecule has 0 amide bonds. The summed E-state index contributed by atoms with van der Waals surface area (Å²) < 4.78 is 5.18. The normalized spacial score (nSPS) is 17.5. The van der Waals surface area contributed by atoms with Crippen molar-refractivity contribution in [2.24, 2.45) is 5.92 Å². The minimum atomic E-state index is -0.819. The third-order valence-electron chi connectivity index (χ3n) is 4.02. The summed E-state index contributed by atoms with van der Waals surface area (Å²) in [5.74, 6) is 1.14. The van der Waals surface area contributed by atoms with Crippen LogP contribution in [0.4, 0.5) is 0 Å². The van der Waals surface area contributed by atoms with Gasteiger partial charge < -0.3 is 9.84 Å². The molecule has 0 saturated heterocycles. The average molecular weight is 269 g/mol. The number of hydrogen-bond acceptors (Lipinski definition) is 3. The van der Waals surface area contributed by atoms with Crippen LogP contribution < -0.4 is 4.74 Å². The largest absolute Gasteiger partial charge is 0.497 e. The third-order valence-corrected chi connectivity index (χ3v) is 4.02. The molecular weight excluding hydrogens is 250 g/mol. The number of ether oxygens (including phenoxy) is 1. The van der Waals surface area contributed by atoms with Crippen LogP contribution in [0.25, 0.3) is 0 Å². The maximum absolute atomic E-state index is 11.2. The predicted octanol–water partition coefficient (Wildman–Crippen LogP) is 2.93. The van der Waals surface area contributed by atoms with Gasteiger partial charge in [0.05, 0.1) is 12.7 Å². The van der Waals surface area contributed by atoms with E-state index in [-0.39, 0.29) is 0 Å². The van der Waals surface area contributed by atoms with Gasteiger partial charge in [-0.05, 0) is 48.6 Å². The Morgan fingerprint density at radius 2 is 1.95 bits per heavy atom. The fourth-order valence-corrected chi connectivity index (χ4v) is 2.70. The fourth-order valence-electron chi connectivity index (χ4n) is 2.70. The van der Waals surface area contributed by atoms with Crippen LogP contribution in [0.15, 0.2) is 48.7 Å². The van der Waals surface area contributed by atoms with E-state index in [1.54, 1.807) is 13.3 Å². The molecule has 0 unspecified atom stereocenters. The number of methoxy groups -OCH3 is 1. The van der Waals surface area contributed by atoms with Crippen LogP contribution in [-0.2, 0) is 12.0 Å². The van der Waals surface area contributed by atoms with E-state index in [2.05, 4.69) is 4.98 Å². The summed E-state index contributed by atoms with van der Waals surface area (Å²) in [4.78, 5) is 4.35. The van der Waals surface area contributed by atoms with E-state index in [4.69, 9.17) is 4.74 Å². The van der Waals surface area contributed by atoms with Crippen molar-refractivity contribution in [1.29, 1.82) is 0 Å². The molecule has 104 valence electrons. The number of hydrogen-bond donors (Lipinski definition) is 1. The van der Waals surface area contributed by atoms with Gasteiger partial charge in [0.15, 0.2) is 0 Å². The molecule has 3 nitrogen and oxygen atoms in total. The molecule has 1 aliphatic carbocycles. The van der Waals surface area contributed by atoms with Gasteiger partial charge in [-0.25, -0.2) is 0 Å². The SMILES string of the molecule is COc1ccc([C@](O)(Cc2ccccn2)C2CC2)cc1. The Balaban J connectivity index is 1.90. The quantitative estimate of drug-likeness (QED) is 0.907. The van der Waals surface area contributed by atoms with Gasteiger partial charge in [-0.2, -0.15) is 0 Å². The molecule has 1 saturated carbocycles. The summed E-state index contributed by atoms with van der Waals surface area (Å²) in [5, 5.41) is 11.2. The number of aromatic nitrogens is 1. The van der Waals surface area contributed by atoms with E-state index in [0.29, 0.717) is 12.3 Å². The Bertz CT molecular complexity index is 563. The molecule has 3 rings (SSSR count). The molecule has 1 atom stereocenters. The van der Waals surface area contributed by atoms with E-state index in [1.165, 1.54) is 0 Å². The van der Waals surface area contributed by atoms with Crippen molar-refractivity contribution >= 4 is 0 Å². The Morgan fingerprint density at radius 1 is 1.20 bits per heavy atom. The lowest BCUT2D eigenvalue weighted by atomic mass is 9.84. The van der Waals surface area contributed by atoms with Gasteiger partial charge in [-0.1, -0.05) is 18.2 Å². The minimum Gasteiger partial charge on any atom is -0.497 e. The van der Waals surface area contributed by atoms with Crippen molar-refractivity contribution in [3.63, 3.8) is 0 Å². The van der Waals surface area contributed by atoms with Crippen LogP contribution in [0, 0.1) is 5.92 Å². The van der Waals surface area contributed by atoms with Crippen molar-refractivity contribution in [2.45, 2.75) is 24.9 Å². The highest BCUT2D eigenvalue weighted by molar-refractivity contribution is 5.33. The third kappa shape index (κ3) is 2.54. The van der Waals surface area contributed by atoms with E-state index < -0.39 is 5.60 Å². The van der Waals surface area contributed by atoms with Crippen LogP contribution in [0.5, 0.6) is 5.75 Å². The molecule has 3 heteroatoms. The molecule has 1 aliphatic rings. The summed E-state index contributed by atoms with van der Waals surface area (Å²) in [7, 11) is 1.65. The molecule has 20 heavy (non-hydrogen) atoms. The van der Waals surface area contributed by atoms with Gasteiger partial charge >= 0.3 is 0 Å². The average Bonchev–Trinajstić information content (AvgIpc) is 3.33. The number of nitrogens with zero attached hydrogens (tertiary/aromatic N) is 1. The number of pyridine rings is 1. The smallest absolute Gasteiger partial charge is 0.118 e. The van der Waals surface area contributed by atoms with Gasteiger partial charge in [0.1, 0.15) is 5.75 Å². The summed E-state index contributed by atoms with van der Waals surface area (Å²) in [5.41, 5.74) is 1.06. The molecule has 0 aliphatic heterocycles. The highest BCUT2D eigenvalue weighted by Crippen LogP contribution is 2.47. The molecule has 1 aromatic carbocycles. The van der Waals surface area contributed by atoms with Gasteiger partial charge in [0, 0.05) is 18.3 Å². The highest BCUT2D eigenvalue weighted by atomic mass is 16.5. The lowest BCUT2D eigenvalue weighted by Gasteiger charge is -2.28. The van der Waals surface area contributed by atoms with E-state index in [1.807, 2.05) is 42.5 Å². The monoisotopic (exact) mass is 269 g/mol. The van der Waals surface area contributed by atoms with Crippen molar-refractivity contribution in [1.82, 2.24) is 4.98 Å². The minimum absolute atomic E-state index is 0.331. The summed E-state index contributed by atoms with van der Waals surface area (Å²) in [6.07, 6.45) is 4.49. The zero-order valence-corrected chi connectivity index (χ0v) is 11.6. The summed E-state index contributed by atoms with van der Waals surface area (Å²) in [6, 6.07) is 13.6. The first-order valence-electron chi connectivity index (χ1n) is 6.99.